The van der Waals surface area contributed by atoms with Crippen LogP contribution in [0.25, 0.3) is 5.65 Å². The Hall–Kier alpha value is -3.89. The van der Waals surface area contributed by atoms with E-state index < -0.39 is 17.7 Å². The molecule has 0 spiro atoms. The number of nitrogens with zero attached hydrogens (tertiary/aromatic N) is 8. The first-order chi connectivity index (χ1) is 16.9. The number of hydrogen-bond acceptors (Lipinski definition) is 7. The van der Waals surface area contributed by atoms with E-state index in [2.05, 4.69) is 37.1 Å². The van der Waals surface area contributed by atoms with Crippen molar-refractivity contribution in [1.82, 2.24) is 29.4 Å². The maximum absolute atomic E-state index is 13.1. The van der Waals surface area contributed by atoms with Gasteiger partial charge in [-0.3, -0.25) is 9.78 Å². The lowest BCUT2D eigenvalue weighted by Gasteiger charge is -2.33. The number of rotatable bonds is 3. The highest BCUT2D eigenvalue weighted by atomic mass is 19.3. The van der Waals surface area contributed by atoms with E-state index in [1.807, 2.05) is 24.7 Å². The second kappa shape index (κ2) is 8.10. The molecule has 11 heteroatoms. The normalized spacial score (nSPS) is 15.6. The minimum Gasteiger partial charge on any atom is -0.350 e. The van der Waals surface area contributed by atoms with Gasteiger partial charge in [-0.15, -0.1) is 5.10 Å². The van der Waals surface area contributed by atoms with Gasteiger partial charge in [-0.05, 0) is 43.5 Å². The Morgan fingerprint density at radius 2 is 1.89 bits per heavy atom. The molecule has 4 aromatic rings. The molecular weight excluding hydrogens is 454 g/mol. The van der Waals surface area contributed by atoms with E-state index in [-0.39, 0.29) is 5.65 Å². The maximum atomic E-state index is 13.1. The second-order valence-corrected chi connectivity index (χ2v) is 9.08. The van der Waals surface area contributed by atoms with Gasteiger partial charge in [0.25, 0.3) is 12.0 Å². The lowest BCUT2D eigenvalue weighted by molar-refractivity contribution is 0.146. The lowest BCUT2D eigenvalue weighted by atomic mass is 10.0. The smallest absolute Gasteiger partial charge is 0.280 e. The molecule has 35 heavy (non-hydrogen) atoms. The Kier molecular flexibility index (Phi) is 5.01. The monoisotopic (exact) mass is 478 g/mol. The molecule has 0 aromatic carbocycles. The highest BCUT2D eigenvalue weighted by Crippen LogP contribution is 2.32. The van der Waals surface area contributed by atoms with Crippen LogP contribution in [0.2, 0.25) is 0 Å². The van der Waals surface area contributed by atoms with Crippen molar-refractivity contribution < 1.29 is 8.78 Å². The number of aromatic nitrogens is 6. The molecular formula is C24H24F2N8O. The average Bonchev–Trinajstić information content (AvgIpc) is 3.23. The SMILES string of the molecule is Cc1cc2n(n1)CCCN2c1cnc2c(c1)CN(c1nn3c(=O)cc(C(F)F)nc3cc1C)CC2. The van der Waals surface area contributed by atoms with E-state index in [0.29, 0.717) is 18.9 Å². The van der Waals surface area contributed by atoms with Gasteiger partial charge < -0.3 is 9.80 Å². The summed E-state index contributed by atoms with van der Waals surface area (Å²) in [6.07, 6.45) is 0.866. The fourth-order valence-electron chi connectivity index (χ4n) is 4.97. The molecule has 2 aliphatic heterocycles. The largest absolute Gasteiger partial charge is 0.350 e. The summed E-state index contributed by atoms with van der Waals surface area (Å²) in [7, 11) is 0. The van der Waals surface area contributed by atoms with Crippen LogP contribution in [-0.4, -0.2) is 42.5 Å². The van der Waals surface area contributed by atoms with Crippen molar-refractivity contribution >= 4 is 23.0 Å². The van der Waals surface area contributed by atoms with Crippen molar-refractivity contribution in [1.29, 1.82) is 0 Å². The van der Waals surface area contributed by atoms with E-state index in [0.717, 1.165) is 70.5 Å². The van der Waals surface area contributed by atoms with E-state index in [1.165, 1.54) is 0 Å². The van der Waals surface area contributed by atoms with E-state index in [1.54, 1.807) is 6.07 Å². The fraction of sp³-hybridized carbons (Fsp3) is 0.375. The molecule has 0 radical (unpaired) electrons. The van der Waals surface area contributed by atoms with Crippen molar-refractivity contribution in [2.75, 3.05) is 22.9 Å². The molecule has 0 atom stereocenters. The third-order valence-corrected chi connectivity index (χ3v) is 6.60. The van der Waals surface area contributed by atoms with Crippen LogP contribution in [0.1, 0.15) is 41.1 Å². The minimum absolute atomic E-state index is 0.118. The van der Waals surface area contributed by atoms with Crippen LogP contribution in [0.3, 0.4) is 0 Å². The molecule has 0 N–H and O–H groups in total. The van der Waals surface area contributed by atoms with E-state index in [4.69, 9.17) is 4.98 Å². The van der Waals surface area contributed by atoms with Gasteiger partial charge in [0.05, 0.1) is 17.6 Å². The van der Waals surface area contributed by atoms with Crippen molar-refractivity contribution in [2.24, 2.45) is 0 Å². The Morgan fingerprint density at radius 1 is 1.03 bits per heavy atom. The molecule has 0 amide bonds. The number of anilines is 3. The first-order valence-electron chi connectivity index (χ1n) is 11.6. The quantitative estimate of drug-likeness (QED) is 0.447. The minimum atomic E-state index is -2.81. The lowest BCUT2D eigenvalue weighted by Crippen LogP contribution is -2.34. The van der Waals surface area contributed by atoms with E-state index >= 15 is 0 Å². The zero-order chi connectivity index (χ0) is 24.3. The van der Waals surface area contributed by atoms with Crippen molar-refractivity contribution in [3.63, 3.8) is 0 Å². The molecule has 2 aliphatic rings. The molecule has 0 saturated heterocycles. The number of alkyl halides is 2. The number of fused-ring (bicyclic) bond motifs is 3. The fourth-order valence-corrected chi connectivity index (χ4v) is 4.97. The van der Waals surface area contributed by atoms with Gasteiger partial charge in [-0.2, -0.15) is 9.61 Å². The standard InChI is InChI=1S/C24H24F2N8O/c1-14-8-20-28-19(23(25)26)11-22(35)34(20)30-24(14)31-7-4-18-16(13-31)10-17(12-27-18)32-5-3-6-33-21(32)9-15(2)29-33/h8-12,23H,3-7,13H2,1-2H3. The zero-order valence-corrected chi connectivity index (χ0v) is 19.4. The van der Waals surface area contributed by atoms with Gasteiger partial charge in [-0.25, -0.2) is 18.4 Å². The van der Waals surface area contributed by atoms with Gasteiger partial charge in [0, 0.05) is 50.4 Å². The summed E-state index contributed by atoms with van der Waals surface area (Å²) < 4.78 is 29.3. The van der Waals surface area contributed by atoms with Gasteiger partial charge in [0.1, 0.15) is 11.5 Å². The van der Waals surface area contributed by atoms with Gasteiger partial charge >= 0.3 is 0 Å². The Morgan fingerprint density at radius 3 is 2.71 bits per heavy atom. The average molecular weight is 479 g/mol. The van der Waals surface area contributed by atoms with Gasteiger partial charge in [-0.1, -0.05) is 0 Å². The Labute approximate surface area is 199 Å². The molecule has 4 aromatic heterocycles. The van der Waals surface area contributed by atoms with Crippen LogP contribution in [0, 0.1) is 13.8 Å². The first-order valence-corrected chi connectivity index (χ1v) is 11.6. The summed E-state index contributed by atoms with van der Waals surface area (Å²) in [6.45, 7) is 6.93. The van der Waals surface area contributed by atoms with Crippen LogP contribution in [0.5, 0.6) is 0 Å². The van der Waals surface area contributed by atoms with Crippen LogP contribution in [0.4, 0.5) is 26.1 Å². The predicted octanol–water partition coefficient (Wildman–Crippen LogP) is 3.34. The maximum Gasteiger partial charge on any atom is 0.280 e. The number of aryl methyl sites for hydroxylation is 3. The van der Waals surface area contributed by atoms with Crippen LogP contribution in [0.15, 0.2) is 35.3 Å². The number of hydrogen-bond donors (Lipinski definition) is 0. The topological polar surface area (TPSA) is 84.5 Å². The highest BCUT2D eigenvalue weighted by Gasteiger charge is 2.25. The third kappa shape index (κ3) is 3.71. The van der Waals surface area contributed by atoms with Crippen molar-refractivity contribution in [3.8, 4) is 0 Å². The molecule has 9 nitrogen and oxygen atoms in total. The molecule has 6 heterocycles. The first kappa shape index (κ1) is 21.6. The molecule has 180 valence electrons. The third-order valence-electron chi connectivity index (χ3n) is 6.60. The molecule has 0 aliphatic carbocycles. The van der Waals surface area contributed by atoms with E-state index in [9.17, 15) is 13.6 Å². The number of halogens is 2. The van der Waals surface area contributed by atoms with Crippen molar-refractivity contribution in [3.05, 3.63) is 69.0 Å². The zero-order valence-electron chi connectivity index (χ0n) is 19.4. The second-order valence-electron chi connectivity index (χ2n) is 9.08. The summed E-state index contributed by atoms with van der Waals surface area (Å²) in [5, 5.41) is 9.08. The van der Waals surface area contributed by atoms with Crippen LogP contribution < -0.4 is 15.4 Å². The summed E-state index contributed by atoms with van der Waals surface area (Å²) in [4.78, 5) is 25.5. The summed E-state index contributed by atoms with van der Waals surface area (Å²) in [5.41, 5.74) is 3.89. The van der Waals surface area contributed by atoms with Crippen LogP contribution >= 0.6 is 0 Å². The van der Waals surface area contributed by atoms with Crippen LogP contribution in [-0.2, 0) is 19.5 Å². The molecule has 0 saturated carbocycles. The summed E-state index contributed by atoms with van der Waals surface area (Å²) in [5.74, 6) is 1.71. The summed E-state index contributed by atoms with van der Waals surface area (Å²) >= 11 is 0. The Bertz CT molecular complexity index is 1510. The van der Waals surface area contributed by atoms with Crippen molar-refractivity contribution in [2.45, 2.75) is 46.2 Å². The molecule has 0 fully saturated rings. The number of pyridine rings is 1. The molecule has 6 rings (SSSR count). The summed E-state index contributed by atoms with van der Waals surface area (Å²) in [6, 6.07) is 6.75. The highest BCUT2D eigenvalue weighted by molar-refractivity contribution is 5.62. The molecule has 0 unspecified atom stereocenters. The Balaban J connectivity index is 1.34. The predicted molar refractivity (Wildman–Crippen MR) is 127 cm³/mol. The van der Waals surface area contributed by atoms with Gasteiger partial charge in [0.2, 0.25) is 0 Å². The van der Waals surface area contributed by atoms with Gasteiger partial charge in [0.15, 0.2) is 11.5 Å². The molecule has 0 bridgehead atoms.